The SMILES string of the molecule is Nc1cc(Cl)c(N2CC(O)CC2=O)cc1Cl. The smallest absolute Gasteiger partial charge is 0.229 e. The summed E-state index contributed by atoms with van der Waals surface area (Å²) < 4.78 is 0. The first-order valence-corrected chi connectivity index (χ1v) is 5.47. The van der Waals surface area contributed by atoms with Gasteiger partial charge in [0.25, 0.3) is 0 Å². The molecule has 16 heavy (non-hydrogen) atoms. The van der Waals surface area contributed by atoms with Crippen LogP contribution in [-0.2, 0) is 4.79 Å². The number of rotatable bonds is 1. The van der Waals surface area contributed by atoms with Crippen LogP contribution in [0.5, 0.6) is 0 Å². The van der Waals surface area contributed by atoms with E-state index in [1.54, 1.807) is 0 Å². The first kappa shape index (κ1) is 11.5. The molecule has 6 heteroatoms. The van der Waals surface area contributed by atoms with Gasteiger partial charge < -0.3 is 15.7 Å². The van der Waals surface area contributed by atoms with Gasteiger partial charge in [-0.1, -0.05) is 23.2 Å². The van der Waals surface area contributed by atoms with E-state index in [4.69, 9.17) is 28.9 Å². The lowest BCUT2D eigenvalue weighted by atomic mass is 10.2. The van der Waals surface area contributed by atoms with E-state index in [1.807, 2.05) is 0 Å². The Balaban J connectivity index is 2.41. The zero-order valence-corrected chi connectivity index (χ0v) is 9.79. The quantitative estimate of drug-likeness (QED) is 0.756. The van der Waals surface area contributed by atoms with Gasteiger partial charge in [0.15, 0.2) is 0 Å². The van der Waals surface area contributed by atoms with Crippen LogP contribution in [-0.4, -0.2) is 23.7 Å². The number of amides is 1. The molecule has 0 spiro atoms. The highest BCUT2D eigenvalue weighted by molar-refractivity contribution is 6.37. The van der Waals surface area contributed by atoms with Crippen molar-refractivity contribution in [1.82, 2.24) is 0 Å². The molecule has 1 heterocycles. The van der Waals surface area contributed by atoms with E-state index < -0.39 is 6.10 Å². The van der Waals surface area contributed by atoms with Crippen molar-refractivity contribution in [3.63, 3.8) is 0 Å². The Labute approximate surface area is 103 Å². The van der Waals surface area contributed by atoms with Crippen LogP contribution < -0.4 is 10.6 Å². The van der Waals surface area contributed by atoms with Crippen LogP contribution in [0.15, 0.2) is 12.1 Å². The molecule has 1 atom stereocenters. The molecule has 0 aliphatic carbocycles. The van der Waals surface area contributed by atoms with Crippen molar-refractivity contribution in [3.8, 4) is 0 Å². The predicted octanol–water partition coefficient (Wildman–Crippen LogP) is 1.67. The fraction of sp³-hybridized carbons (Fsp3) is 0.300. The number of hydrogen-bond donors (Lipinski definition) is 2. The van der Waals surface area contributed by atoms with Gasteiger partial charge in [-0.15, -0.1) is 0 Å². The second-order valence-electron chi connectivity index (χ2n) is 3.69. The van der Waals surface area contributed by atoms with Crippen LogP contribution in [0.2, 0.25) is 10.0 Å². The zero-order chi connectivity index (χ0) is 11.9. The average molecular weight is 261 g/mol. The van der Waals surface area contributed by atoms with E-state index in [2.05, 4.69) is 0 Å². The normalized spacial score (nSPS) is 20.6. The molecule has 86 valence electrons. The van der Waals surface area contributed by atoms with Gasteiger partial charge >= 0.3 is 0 Å². The molecule has 1 aliphatic rings. The number of halogens is 2. The van der Waals surface area contributed by atoms with Crippen molar-refractivity contribution < 1.29 is 9.90 Å². The van der Waals surface area contributed by atoms with Gasteiger partial charge in [-0.3, -0.25) is 4.79 Å². The number of carbonyl (C=O) groups excluding carboxylic acids is 1. The van der Waals surface area contributed by atoms with Gasteiger partial charge in [-0.25, -0.2) is 0 Å². The predicted molar refractivity (Wildman–Crippen MR) is 63.9 cm³/mol. The van der Waals surface area contributed by atoms with E-state index in [9.17, 15) is 9.90 Å². The van der Waals surface area contributed by atoms with Gasteiger partial charge in [-0.05, 0) is 12.1 Å². The summed E-state index contributed by atoms with van der Waals surface area (Å²) in [5.41, 5.74) is 6.43. The third-order valence-corrected chi connectivity index (χ3v) is 3.09. The minimum absolute atomic E-state index is 0.109. The number of aliphatic hydroxyl groups is 1. The molecule has 4 nitrogen and oxygen atoms in total. The number of aliphatic hydroxyl groups excluding tert-OH is 1. The third kappa shape index (κ3) is 1.96. The molecular weight excluding hydrogens is 251 g/mol. The van der Waals surface area contributed by atoms with Crippen LogP contribution in [0.25, 0.3) is 0 Å². The summed E-state index contributed by atoms with van der Waals surface area (Å²) in [6, 6.07) is 3.03. The number of anilines is 2. The molecule has 1 unspecified atom stereocenters. The molecule has 0 aromatic heterocycles. The van der Waals surface area contributed by atoms with Gasteiger partial charge in [0.05, 0.1) is 40.5 Å². The maximum absolute atomic E-state index is 11.6. The van der Waals surface area contributed by atoms with Gasteiger partial charge in [0.1, 0.15) is 0 Å². The van der Waals surface area contributed by atoms with Crippen LogP contribution in [0.1, 0.15) is 6.42 Å². The topological polar surface area (TPSA) is 66.6 Å². The molecule has 0 radical (unpaired) electrons. The van der Waals surface area contributed by atoms with Crippen LogP contribution in [0.4, 0.5) is 11.4 Å². The lowest BCUT2D eigenvalue weighted by Gasteiger charge is -2.18. The lowest BCUT2D eigenvalue weighted by molar-refractivity contribution is -0.117. The fourth-order valence-corrected chi connectivity index (χ4v) is 2.11. The molecule has 0 bridgehead atoms. The van der Waals surface area contributed by atoms with Crippen molar-refractivity contribution in [2.24, 2.45) is 0 Å². The van der Waals surface area contributed by atoms with E-state index >= 15 is 0 Å². The highest BCUT2D eigenvalue weighted by Gasteiger charge is 2.30. The molecular formula is C10H10Cl2N2O2. The van der Waals surface area contributed by atoms with Crippen LogP contribution >= 0.6 is 23.2 Å². The number of benzene rings is 1. The number of β-amino-alcohol motifs (C(OH)–C–C–N with tert-alkyl or cyclic N) is 1. The van der Waals surface area contributed by atoms with Gasteiger partial charge in [0, 0.05) is 0 Å². The highest BCUT2D eigenvalue weighted by Crippen LogP contribution is 2.35. The summed E-state index contributed by atoms with van der Waals surface area (Å²) in [5.74, 6) is -0.171. The highest BCUT2D eigenvalue weighted by atomic mass is 35.5. The van der Waals surface area contributed by atoms with Crippen molar-refractivity contribution >= 4 is 40.5 Å². The second-order valence-corrected chi connectivity index (χ2v) is 4.50. The first-order valence-electron chi connectivity index (χ1n) is 4.72. The summed E-state index contributed by atoms with van der Waals surface area (Å²) in [7, 11) is 0. The monoisotopic (exact) mass is 260 g/mol. The molecule has 2 rings (SSSR count). The largest absolute Gasteiger partial charge is 0.397 e. The van der Waals surface area contributed by atoms with Crippen LogP contribution in [0, 0.1) is 0 Å². The number of hydrogen-bond acceptors (Lipinski definition) is 3. The Hall–Kier alpha value is -0.970. The average Bonchev–Trinajstić information content (AvgIpc) is 2.51. The summed E-state index contributed by atoms with van der Waals surface area (Å²) in [4.78, 5) is 13.0. The molecule has 0 saturated carbocycles. The summed E-state index contributed by atoms with van der Waals surface area (Å²) in [5, 5.41) is 10.1. The zero-order valence-electron chi connectivity index (χ0n) is 8.28. The number of nitrogens with zero attached hydrogens (tertiary/aromatic N) is 1. The van der Waals surface area contributed by atoms with Gasteiger partial charge in [-0.2, -0.15) is 0 Å². The van der Waals surface area contributed by atoms with Gasteiger partial charge in [0.2, 0.25) is 5.91 Å². The Morgan fingerprint density at radius 2 is 2.06 bits per heavy atom. The Bertz CT molecular complexity index is 451. The molecule has 1 aromatic carbocycles. The van der Waals surface area contributed by atoms with E-state index in [0.717, 1.165) is 0 Å². The molecule has 1 amide bonds. The lowest BCUT2D eigenvalue weighted by Crippen LogP contribution is -2.25. The third-order valence-electron chi connectivity index (χ3n) is 2.46. The van der Waals surface area contributed by atoms with Crippen molar-refractivity contribution in [2.75, 3.05) is 17.2 Å². The van der Waals surface area contributed by atoms with E-state index in [1.165, 1.54) is 17.0 Å². The van der Waals surface area contributed by atoms with Crippen molar-refractivity contribution in [2.45, 2.75) is 12.5 Å². The van der Waals surface area contributed by atoms with Crippen molar-refractivity contribution in [1.29, 1.82) is 0 Å². The molecule has 3 N–H and O–H groups in total. The van der Waals surface area contributed by atoms with E-state index in [-0.39, 0.29) is 18.9 Å². The minimum atomic E-state index is -0.653. The number of nitrogen functional groups attached to an aromatic ring is 1. The number of nitrogens with two attached hydrogens (primary N) is 1. The minimum Gasteiger partial charge on any atom is -0.397 e. The molecule has 1 aliphatic heterocycles. The second kappa shape index (κ2) is 4.13. The molecule has 1 aromatic rings. The Kier molecular flexibility index (Phi) is 2.97. The maximum atomic E-state index is 11.6. The summed E-state index contributed by atoms with van der Waals surface area (Å²) in [6.07, 6.45) is -0.543. The van der Waals surface area contributed by atoms with E-state index in [0.29, 0.717) is 21.4 Å². The maximum Gasteiger partial charge on any atom is 0.229 e. The number of carbonyl (C=O) groups is 1. The molecule has 1 fully saturated rings. The molecule has 1 saturated heterocycles. The Morgan fingerprint density at radius 3 is 2.62 bits per heavy atom. The standard InChI is InChI=1S/C10H10Cl2N2O2/c11-6-3-9(7(12)2-8(6)13)14-4-5(15)1-10(14)16/h2-3,5,15H,1,4,13H2. The summed E-state index contributed by atoms with van der Waals surface area (Å²) in [6.45, 7) is 0.235. The Morgan fingerprint density at radius 1 is 1.38 bits per heavy atom. The first-order chi connectivity index (χ1) is 7.49. The van der Waals surface area contributed by atoms with Crippen LogP contribution in [0.3, 0.4) is 0 Å². The summed E-state index contributed by atoms with van der Waals surface area (Å²) >= 11 is 11.8. The van der Waals surface area contributed by atoms with Crippen molar-refractivity contribution in [3.05, 3.63) is 22.2 Å². The fourth-order valence-electron chi connectivity index (χ4n) is 1.68.